The number of benzene rings is 1. The van der Waals surface area contributed by atoms with Crippen molar-refractivity contribution < 1.29 is 4.79 Å². The number of carbonyl (C=O) groups excluding carboxylic acids is 1. The summed E-state index contributed by atoms with van der Waals surface area (Å²) < 4.78 is 0. The summed E-state index contributed by atoms with van der Waals surface area (Å²) >= 11 is 0. The zero-order valence-electron chi connectivity index (χ0n) is 9.99. The van der Waals surface area contributed by atoms with Crippen molar-refractivity contribution in [2.45, 2.75) is 25.0 Å². The third-order valence-corrected chi connectivity index (χ3v) is 3.81. The van der Waals surface area contributed by atoms with Crippen LogP contribution >= 0.6 is 0 Å². The Morgan fingerprint density at radius 2 is 2.11 bits per heavy atom. The number of rotatable bonds is 2. The molecule has 3 rings (SSSR count). The molecule has 2 bridgehead atoms. The monoisotopic (exact) mass is 238 g/mol. The van der Waals surface area contributed by atoms with Gasteiger partial charge in [-0.05, 0) is 18.1 Å². The van der Waals surface area contributed by atoms with Gasteiger partial charge in [-0.2, -0.15) is 5.26 Å². The minimum atomic E-state index is -0.245. The lowest BCUT2D eigenvalue weighted by atomic mass is 9.99. The first-order valence-corrected chi connectivity index (χ1v) is 6.21. The van der Waals surface area contributed by atoms with Crippen LogP contribution in [0.3, 0.4) is 0 Å². The van der Waals surface area contributed by atoms with E-state index < -0.39 is 0 Å². The maximum atomic E-state index is 11.9. The lowest BCUT2D eigenvalue weighted by Crippen LogP contribution is -2.43. The summed E-state index contributed by atoms with van der Waals surface area (Å²) in [6.45, 7) is 0.741. The van der Waals surface area contributed by atoms with Gasteiger partial charge in [0, 0.05) is 12.6 Å². The Labute approximate surface area is 106 Å². The van der Waals surface area contributed by atoms with E-state index in [4.69, 9.17) is 5.26 Å². The van der Waals surface area contributed by atoms with Crippen molar-refractivity contribution in [2.24, 2.45) is 5.92 Å². The van der Waals surface area contributed by atoms with E-state index in [1.54, 1.807) is 6.08 Å². The Morgan fingerprint density at radius 1 is 1.33 bits per heavy atom. The molecule has 3 heteroatoms. The van der Waals surface area contributed by atoms with Crippen LogP contribution in [0.25, 0.3) is 0 Å². The van der Waals surface area contributed by atoms with E-state index in [1.807, 2.05) is 24.3 Å². The lowest BCUT2D eigenvalue weighted by Gasteiger charge is -2.30. The first-order valence-electron chi connectivity index (χ1n) is 6.21. The second kappa shape index (κ2) is 4.40. The predicted octanol–water partition coefficient (Wildman–Crippen LogP) is 1.91. The Bertz CT molecular complexity index is 529. The molecular weight excluding hydrogens is 224 g/mol. The minimum absolute atomic E-state index is 0.0752. The Kier molecular flexibility index (Phi) is 2.73. The van der Waals surface area contributed by atoms with Crippen molar-refractivity contribution in [1.82, 2.24) is 4.90 Å². The van der Waals surface area contributed by atoms with Crippen LogP contribution in [0.15, 0.2) is 42.5 Å². The summed E-state index contributed by atoms with van der Waals surface area (Å²) in [6.07, 6.45) is 4.36. The number of fused-ring (bicyclic) bond motifs is 2. The zero-order valence-corrected chi connectivity index (χ0v) is 9.99. The van der Waals surface area contributed by atoms with E-state index in [0.29, 0.717) is 0 Å². The molecule has 90 valence electrons. The number of hydrogen-bond acceptors (Lipinski definition) is 3. The van der Waals surface area contributed by atoms with Crippen LogP contribution in [0, 0.1) is 17.2 Å². The molecule has 0 aromatic heterocycles. The summed E-state index contributed by atoms with van der Waals surface area (Å²) in [5.41, 5.74) is 1.19. The Morgan fingerprint density at radius 3 is 2.83 bits per heavy atom. The average Bonchev–Trinajstić information content (AvgIpc) is 2.65. The highest BCUT2D eigenvalue weighted by atomic mass is 16.1. The van der Waals surface area contributed by atoms with Gasteiger partial charge in [-0.1, -0.05) is 36.4 Å². The number of nitrogens with zero attached hydrogens (tertiary/aromatic N) is 2. The third-order valence-electron chi connectivity index (χ3n) is 3.81. The standard InChI is InChI=1S/C15H14N2O/c16-9-12-8-13-6-7-14(18)15(12)17(13)10-11-4-2-1-3-5-11/h1-7,12-13,15H,8,10H2/t12-,13-,15-/m0/s1. The fraction of sp³-hybridized carbons (Fsp3) is 0.333. The molecule has 0 spiro atoms. The van der Waals surface area contributed by atoms with Crippen LogP contribution in [0.1, 0.15) is 12.0 Å². The van der Waals surface area contributed by atoms with Crippen molar-refractivity contribution in [3.05, 3.63) is 48.0 Å². The van der Waals surface area contributed by atoms with Crippen LogP contribution in [0.4, 0.5) is 0 Å². The van der Waals surface area contributed by atoms with Crippen LogP contribution in [0.5, 0.6) is 0 Å². The zero-order chi connectivity index (χ0) is 12.5. The molecule has 1 saturated heterocycles. The molecule has 0 N–H and O–H groups in total. The highest BCUT2D eigenvalue weighted by Gasteiger charge is 2.45. The van der Waals surface area contributed by atoms with Gasteiger partial charge in [0.1, 0.15) is 0 Å². The highest BCUT2D eigenvalue weighted by Crippen LogP contribution is 2.35. The summed E-state index contributed by atoms with van der Waals surface area (Å²) in [7, 11) is 0. The van der Waals surface area contributed by atoms with E-state index >= 15 is 0 Å². The normalized spacial score (nSPS) is 30.4. The molecule has 0 unspecified atom stereocenters. The van der Waals surface area contributed by atoms with Gasteiger partial charge in [0.05, 0.1) is 18.0 Å². The van der Waals surface area contributed by atoms with E-state index in [1.165, 1.54) is 5.56 Å². The molecule has 18 heavy (non-hydrogen) atoms. The second-order valence-electron chi connectivity index (χ2n) is 4.90. The van der Waals surface area contributed by atoms with Crippen molar-refractivity contribution in [2.75, 3.05) is 0 Å². The first-order chi connectivity index (χ1) is 8.79. The summed E-state index contributed by atoms with van der Waals surface area (Å²) in [4.78, 5) is 14.1. The van der Waals surface area contributed by atoms with Crippen molar-refractivity contribution in [3.63, 3.8) is 0 Å². The smallest absolute Gasteiger partial charge is 0.173 e. The van der Waals surface area contributed by atoms with Crippen molar-refractivity contribution >= 4 is 5.78 Å². The SMILES string of the molecule is N#C[C@@H]1C[C@@H]2C=CC(=O)[C@H]1N2Cc1ccccc1. The van der Waals surface area contributed by atoms with Gasteiger partial charge in [-0.3, -0.25) is 9.69 Å². The van der Waals surface area contributed by atoms with Gasteiger partial charge in [0.15, 0.2) is 5.78 Å². The maximum absolute atomic E-state index is 11.9. The van der Waals surface area contributed by atoms with Crippen LogP contribution in [0.2, 0.25) is 0 Å². The molecule has 3 nitrogen and oxygen atoms in total. The van der Waals surface area contributed by atoms with Gasteiger partial charge < -0.3 is 0 Å². The summed E-state index contributed by atoms with van der Waals surface area (Å²) in [5, 5.41) is 9.16. The number of ketones is 1. The number of hydrogen-bond donors (Lipinski definition) is 0. The molecule has 0 amide bonds. The Hall–Kier alpha value is -1.92. The molecule has 1 aromatic carbocycles. The molecule has 0 radical (unpaired) electrons. The maximum Gasteiger partial charge on any atom is 0.173 e. The van der Waals surface area contributed by atoms with E-state index in [9.17, 15) is 4.79 Å². The molecule has 2 aliphatic rings. The lowest BCUT2D eigenvalue weighted by molar-refractivity contribution is -0.120. The Balaban J connectivity index is 1.87. The number of nitriles is 1. The van der Waals surface area contributed by atoms with Crippen LogP contribution in [-0.2, 0) is 11.3 Å². The molecule has 0 aliphatic carbocycles. The molecule has 1 fully saturated rings. The molecule has 3 atom stereocenters. The highest BCUT2D eigenvalue weighted by molar-refractivity contribution is 5.96. The van der Waals surface area contributed by atoms with E-state index in [2.05, 4.69) is 23.1 Å². The van der Waals surface area contributed by atoms with Crippen molar-refractivity contribution in [1.29, 1.82) is 5.26 Å². The summed E-state index contributed by atoms with van der Waals surface area (Å²) in [6, 6.07) is 12.4. The van der Waals surface area contributed by atoms with Gasteiger partial charge >= 0.3 is 0 Å². The fourth-order valence-corrected chi connectivity index (χ4v) is 2.95. The quantitative estimate of drug-likeness (QED) is 0.790. The van der Waals surface area contributed by atoms with Crippen LogP contribution in [-0.4, -0.2) is 22.8 Å². The largest absolute Gasteiger partial charge is 0.293 e. The fourth-order valence-electron chi connectivity index (χ4n) is 2.95. The van der Waals surface area contributed by atoms with E-state index in [-0.39, 0.29) is 23.8 Å². The van der Waals surface area contributed by atoms with Gasteiger partial charge in [-0.15, -0.1) is 0 Å². The van der Waals surface area contributed by atoms with Gasteiger partial charge in [0.2, 0.25) is 0 Å². The van der Waals surface area contributed by atoms with E-state index in [0.717, 1.165) is 13.0 Å². The van der Waals surface area contributed by atoms with Crippen LogP contribution < -0.4 is 0 Å². The molecular formula is C15H14N2O. The van der Waals surface area contributed by atoms with Gasteiger partial charge in [0.25, 0.3) is 0 Å². The first kappa shape index (κ1) is 11.2. The molecule has 2 aliphatic heterocycles. The second-order valence-corrected chi connectivity index (χ2v) is 4.90. The van der Waals surface area contributed by atoms with Gasteiger partial charge in [-0.25, -0.2) is 0 Å². The molecule has 1 aromatic rings. The molecule has 2 heterocycles. The summed E-state index contributed by atoms with van der Waals surface area (Å²) in [5.74, 6) is -0.0903. The average molecular weight is 238 g/mol. The number of carbonyl (C=O) groups is 1. The molecule has 0 saturated carbocycles. The van der Waals surface area contributed by atoms with Crippen molar-refractivity contribution in [3.8, 4) is 6.07 Å². The predicted molar refractivity (Wildman–Crippen MR) is 67.4 cm³/mol. The minimum Gasteiger partial charge on any atom is -0.293 e. The third kappa shape index (κ3) is 1.75. The topological polar surface area (TPSA) is 44.1 Å².